The van der Waals surface area contributed by atoms with Crippen LogP contribution in [0.4, 0.5) is 5.69 Å². The lowest BCUT2D eigenvalue weighted by Gasteiger charge is -2.07. The van der Waals surface area contributed by atoms with Crippen molar-refractivity contribution < 1.29 is 14.5 Å². The first kappa shape index (κ1) is 18.4. The van der Waals surface area contributed by atoms with Crippen LogP contribution >= 0.6 is 11.6 Å². The lowest BCUT2D eigenvalue weighted by molar-refractivity contribution is -0.385. The lowest BCUT2D eigenvalue weighted by Crippen LogP contribution is -2.24. The lowest BCUT2D eigenvalue weighted by atomic mass is 10.1. The number of amides is 1. The van der Waals surface area contributed by atoms with Crippen molar-refractivity contribution in [2.75, 3.05) is 6.61 Å². The maximum Gasteiger partial charge on any atom is 0.311 e. The van der Waals surface area contributed by atoms with E-state index in [0.29, 0.717) is 11.4 Å². The number of nitro benzene ring substituents is 1. The average Bonchev–Trinajstić information content (AvgIpc) is 2.59. The largest absolute Gasteiger partial charge is 0.477 e. The van der Waals surface area contributed by atoms with Gasteiger partial charge in [0.05, 0.1) is 11.1 Å². The van der Waals surface area contributed by atoms with Crippen LogP contribution < -0.4 is 10.2 Å². The number of carbonyl (C=O) groups is 1. The number of nitrogens with zero attached hydrogens (tertiary/aromatic N) is 2. The second-order valence-corrected chi connectivity index (χ2v) is 5.49. The summed E-state index contributed by atoms with van der Waals surface area (Å²) in [5, 5.41) is 15.4. The third-order valence-corrected chi connectivity index (χ3v) is 3.47. The molecule has 0 aliphatic rings. The quantitative estimate of drug-likeness (QED) is 0.465. The number of ether oxygens (including phenoxy) is 1. The Kier molecular flexibility index (Phi) is 6.47. The fourth-order valence-electron chi connectivity index (χ4n) is 1.99. The number of hydrogen-bond acceptors (Lipinski definition) is 5. The summed E-state index contributed by atoms with van der Waals surface area (Å²) in [6, 6.07) is 11.6. The molecule has 0 radical (unpaired) electrons. The molecule has 2 rings (SSSR count). The van der Waals surface area contributed by atoms with Gasteiger partial charge in [0.1, 0.15) is 0 Å². The van der Waals surface area contributed by atoms with Crippen molar-refractivity contribution in [3.05, 3.63) is 68.7 Å². The van der Waals surface area contributed by atoms with Crippen molar-refractivity contribution in [2.24, 2.45) is 5.10 Å². The first-order chi connectivity index (χ1) is 12.0. The van der Waals surface area contributed by atoms with E-state index in [9.17, 15) is 14.9 Å². The molecule has 0 spiro atoms. The van der Waals surface area contributed by atoms with E-state index in [1.165, 1.54) is 18.3 Å². The Labute approximate surface area is 149 Å². The molecule has 0 aliphatic carbocycles. The highest BCUT2D eigenvalue weighted by Crippen LogP contribution is 2.28. The van der Waals surface area contributed by atoms with Crippen molar-refractivity contribution in [1.29, 1.82) is 0 Å². The van der Waals surface area contributed by atoms with E-state index in [-0.39, 0.29) is 18.0 Å². The van der Waals surface area contributed by atoms with Crippen LogP contribution in [0, 0.1) is 10.1 Å². The Morgan fingerprint density at radius 3 is 2.84 bits per heavy atom. The fourth-order valence-corrected chi connectivity index (χ4v) is 2.19. The predicted octanol–water partition coefficient (Wildman–Crippen LogP) is 3.34. The summed E-state index contributed by atoms with van der Waals surface area (Å²) in [4.78, 5) is 22.3. The monoisotopic (exact) mass is 361 g/mol. The second-order valence-electron chi connectivity index (χ2n) is 5.05. The van der Waals surface area contributed by atoms with Gasteiger partial charge >= 0.3 is 5.69 Å². The number of hydrogen-bond donors (Lipinski definition) is 1. The van der Waals surface area contributed by atoms with Crippen LogP contribution in [0.25, 0.3) is 0 Å². The maximum atomic E-state index is 11.7. The minimum atomic E-state index is -0.538. The molecule has 130 valence electrons. The molecular formula is C17H16ClN3O4. The summed E-state index contributed by atoms with van der Waals surface area (Å²) >= 11 is 5.84. The van der Waals surface area contributed by atoms with Crippen molar-refractivity contribution >= 4 is 29.4 Å². The zero-order chi connectivity index (χ0) is 18.2. The number of rotatable bonds is 7. The van der Waals surface area contributed by atoms with Gasteiger partial charge in [-0.3, -0.25) is 14.9 Å². The van der Waals surface area contributed by atoms with Gasteiger partial charge < -0.3 is 4.74 Å². The molecule has 25 heavy (non-hydrogen) atoms. The minimum absolute atomic E-state index is 0.0381. The molecule has 1 N–H and O–H groups in total. The number of halogens is 1. The maximum absolute atomic E-state index is 11.7. The van der Waals surface area contributed by atoms with Gasteiger partial charge in [0.2, 0.25) is 0 Å². The Hall–Kier alpha value is -2.93. The number of carbonyl (C=O) groups excluding carboxylic acids is 1. The molecule has 0 atom stereocenters. The van der Waals surface area contributed by atoms with Crippen LogP contribution in [-0.4, -0.2) is 23.7 Å². The molecule has 0 aromatic heterocycles. The third-order valence-electron chi connectivity index (χ3n) is 3.24. The van der Waals surface area contributed by atoms with Crippen LogP contribution in [-0.2, 0) is 11.2 Å². The highest BCUT2D eigenvalue weighted by Gasteiger charge is 2.16. The summed E-state index contributed by atoms with van der Waals surface area (Å²) in [5.41, 5.74) is 3.65. The van der Waals surface area contributed by atoms with Gasteiger partial charge in [-0.25, -0.2) is 5.43 Å². The third kappa shape index (κ3) is 5.58. The van der Waals surface area contributed by atoms with Crippen LogP contribution in [0.3, 0.4) is 0 Å². The van der Waals surface area contributed by atoms with Gasteiger partial charge in [-0.1, -0.05) is 36.7 Å². The molecule has 0 unspecified atom stereocenters. The number of nitro groups is 1. The molecule has 2 aromatic rings. The van der Waals surface area contributed by atoms with Crippen molar-refractivity contribution in [2.45, 2.75) is 13.3 Å². The Balaban J connectivity index is 1.93. The highest BCUT2D eigenvalue weighted by atomic mass is 35.5. The second kappa shape index (κ2) is 8.79. The van der Waals surface area contributed by atoms with Crippen molar-refractivity contribution in [3.8, 4) is 5.75 Å². The Morgan fingerprint density at radius 2 is 2.16 bits per heavy atom. The van der Waals surface area contributed by atoms with E-state index >= 15 is 0 Å². The van der Waals surface area contributed by atoms with Crippen LogP contribution in [0.15, 0.2) is 47.6 Å². The molecule has 0 saturated heterocycles. The van der Waals surface area contributed by atoms with Crippen molar-refractivity contribution in [3.63, 3.8) is 0 Å². The van der Waals surface area contributed by atoms with Crippen LogP contribution in [0.2, 0.25) is 5.02 Å². The standard InChI is InChI=1S/C17H16ClN3O4/c1-2-12-6-7-16(15(9-12)21(23)24)25-11-17(22)20-19-10-13-4-3-5-14(18)8-13/h3-10H,2,11H2,1H3,(H,20,22). The van der Waals surface area contributed by atoms with Crippen LogP contribution in [0.1, 0.15) is 18.1 Å². The SMILES string of the molecule is CCc1ccc(OCC(=O)NN=Cc2cccc(Cl)c2)c([N+](=O)[O-])c1. The van der Waals surface area contributed by atoms with E-state index < -0.39 is 10.8 Å². The van der Waals surface area contributed by atoms with Gasteiger partial charge in [0.25, 0.3) is 5.91 Å². The smallest absolute Gasteiger partial charge is 0.311 e. The Bertz CT molecular complexity index is 808. The summed E-state index contributed by atoms with van der Waals surface area (Å²) in [6.07, 6.45) is 2.10. The van der Waals surface area contributed by atoms with Gasteiger partial charge in [0, 0.05) is 11.1 Å². The Morgan fingerprint density at radius 1 is 1.36 bits per heavy atom. The molecule has 8 heteroatoms. The zero-order valence-corrected chi connectivity index (χ0v) is 14.2. The number of aryl methyl sites for hydroxylation is 1. The summed E-state index contributed by atoms with van der Waals surface area (Å²) in [7, 11) is 0. The summed E-state index contributed by atoms with van der Waals surface area (Å²) in [5.74, 6) is -0.497. The van der Waals surface area contributed by atoms with Gasteiger partial charge in [-0.2, -0.15) is 5.10 Å². The minimum Gasteiger partial charge on any atom is -0.477 e. The average molecular weight is 362 g/mol. The molecule has 2 aromatic carbocycles. The number of nitrogens with one attached hydrogen (secondary N) is 1. The number of benzene rings is 2. The van der Waals surface area contributed by atoms with E-state index in [1.54, 1.807) is 30.3 Å². The molecule has 0 saturated carbocycles. The summed E-state index contributed by atoms with van der Waals surface area (Å²) < 4.78 is 5.23. The van der Waals surface area contributed by atoms with E-state index in [2.05, 4.69) is 10.5 Å². The zero-order valence-electron chi connectivity index (χ0n) is 13.4. The van der Waals surface area contributed by atoms with Crippen LogP contribution in [0.5, 0.6) is 5.75 Å². The molecule has 0 aliphatic heterocycles. The molecule has 1 amide bonds. The van der Waals surface area contributed by atoms with Gasteiger partial charge in [0.15, 0.2) is 12.4 Å². The van der Waals surface area contributed by atoms with E-state index in [4.69, 9.17) is 16.3 Å². The predicted molar refractivity (Wildman–Crippen MR) is 95.2 cm³/mol. The molecule has 0 fully saturated rings. The molecule has 0 bridgehead atoms. The molecule has 0 heterocycles. The van der Waals surface area contributed by atoms with Gasteiger partial charge in [-0.05, 0) is 35.7 Å². The number of hydrazone groups is 1. The topological polar surface area (TPSA) is 93.8 Å². The van der Waals surface area contributed by atoms with Crippen molar-refractivity contribution in [1.82, 2.24) is 5.43 Å². The van der Waals surface area contributed by atoms with E-state index in [1.807, 2.05) is 6.92 Å². The first-order valence-electron chi connectivity index (χ1n) is 7.47. The highest BCUT2D eigenvalue weighted by molar-refractivity contribution is 6.30. The van der Waals surface area contributed by atoms with E-state index in [0.717, 1.165) is 11.1 Å². The molecular weight excluding hydrogens is 346 g/mol. The first-order valence-corrected chi connectivity index (χ1v) is 7.85. The molecule has 7 nitrogen and oxygen atoms in total. The normalized spacial score (nSPS) is 10.6. The summed E-state index contributed by atoms with van der Waals surface area (Å²) in [6.45, 7) is 1.50. The van der Waals surface area contributed by atoms with Gasteiger partial charge in [-0.15, -0.1) is 0 Å². The fraction of sp³-hybridized carbons (Fsp3) is 0.176.